The Labute approximate surface area is 108 Å². The molecule has 0 atom stereocenters. The molecule has 2 rings (SSSR count). The van der Waals surface area contributed by atoms with Crippen LogP contribution in [0.15, 0.2) is 0 Å². The van der Waals surface area contributed by atoms with Crippen LogP contribution in [-0.4, -0.2) is 24.6 Å². The lowest BCUT2D eigenvalue weighted by Gasteiger charge is -2.13. The highest BCUT2D eigenvalue weighted by atomic mass is 32.1. The fourth-order valence-electron chi connectivity index (χ4n) is 1.94. The molecule has 1 fully saturated rings. The Bertz CT molecular complexity index is 369. The molecule has 1 saturated carbocycles. The van der Waals surface area contributed by atoms with Gasteiger partial charge in [-0.3, -0.25) is 0 Å². The number of hydrogen-bond acceptors (Lipinski definition) is 4. The second-order valence-electron chi connectivity index (χ2n) is 5.08. The van der Waals surface area contributed by atoms with Crippen molar-refractivity contribution in [2.24, 2.45) is 0 Å². The van der Waals surface area contributed by atoms with Gasteiger partial charge in [0.1, 0.15) is 0 Å². The van der Waals surface area contributed by atoms with Crippen LogP contribution in [0.4, 0.5) is 5.13 Å². The van der Waals surface area contributed by atoms with E-state index in [1.807, 2.05) is 11.3 Å². The topological polar surface area (TPSA) is 28.2 Å². The fraction of sp³-hybridized carbons (Fsp3) is 0.769. The number of anilines is 1. The van der Waals surface area contributed by atoms with Crippen molar-refractivity contribution in [2.75, 3.05) is 18.5 Å². The van der Waals surface area contributed by atoms with E-state index in [1.54, 1.807) is 0 Å². The van der Waals surface area contributed by atoms with E-state index >= 15 is 0 Å². The van der Waals surface area contributed by atoms with E-state index < -0.39 is 0 Å². The molecule has 96 valence electrons. The molecule has 1 N–H and O–H groups in total. The zero-order valence-corrected chi connectivity index (χ0v) is 12.1. The zero-order valence-electron chi connectivity index (χ0n) is 11.3. The minimum atomic E-state index is 0.515. The van der Waals surface area contributed by atoms with Crippen LogP contribution in [0.3, 0.4) is 0 Å². The van der Waals surface area contributed by atoms with Gasteiger partial charge in [-0.1, -0.05) is 20.8 Å². The molecule has 0 spiro atoms. The number of hydrogen-bond donors (Lipinski definition) is 1. The molecule has 1 aromatic heterocycles. The largest absolute Gasteiger partial charge is 0.348 e. The van der Waals surface area contributed by atoms with E-state index in [-0.39, 0.29) is 0 Å². The second kappa shape index (κ2) is 5.36. The summed E-state index contributed by atoms with van der Waals surface area (Å²) in [6.45, 7) is 8.58. The minimum Gasteiger partial charge on any atom is -0.348 e. The quantitative estimate of drug-likeness (QED) is 0.845. The van der Waals surface area contributed by atoms with Crippen LogP contribution in [0.5, 0.6) is 0 Å². The number of rotatable bonds is 6. The van der Waals surface area contributed by atoms with Crippen molar-refractivity contribution >= 4 is 16.5 Å². The smallest absolute Gasteiger partial charge is 0.185 e. The van der Waals surface area contributed by atoms with Gasteiger partial charge < -0.3 is 10.2 Å². The van der Waals surface area contributed by atoms with Crippen molar-refractivity contribution < 1.29 is 0 Å². The Kier molecular flexibility index (Phi) is 4.05. The van der Waals surface area contributed by atoms with Gasteiger partial charge in [0, 0.05) is 24.5 Å². The zero-order chi connectivity index (χ0) is 12.4. The average Bonchev–Trinajstić information content (AvgIpc) is 3.05. The lowest BCUT2D eigenvalue weighted by atomic mass is 10.1. The Balaban J connectivity index is 2.16. The third kappa shape index (κ3) is 2.99. The summed E-state index contributed by atoms with van der Waals surface area (Å²) in [6.07, 6.45) is 2.66. The van der Waals surface area contributed by atoms with Crippen LogP contribution in [0.1, 0.15) is 50.1 Å². The number of nitrogens with one attached hydrogen (secondary N) is 1. The average molecular weight is 253 g/mol. The van der Waals surface area contributed by atoms with Crippen molar-refractivity contribution in [3.8, 4) is 0 Å². The van der Waals surface area contributed by atoms with Gasteiger partial charge in [-0.2, -0.15) is 0 Å². The highest BCUT2D eigenvalue weighted by Crippen LogP contribution is 2.35. The maximum absolute atomic E-state index is 4.83. The molecular weight excluding hydrogens is 230 g/mol. The predicted octanol–water partition coefficient (Wildman–Crippen LogP) is 2.97. The van der Waals surface area contributed by atoms with E-state index in [0.717, 1.165) is 19.1 Å². The summed E-state index contributed by atoms with van der Waals surface area (Å²) in [7, 11) is 2.18. The molecule has 4 heteroatoms. The molecule has 0 unspecified atom stereocenters. The fourth-order valence-corrected chi connectivity index (χ4v) is 3.15. The Hall–Kier alpha value is -0.610. The Morgan fingerprint density at radius 1 is 1.47 bits per heavy atom. The van der Waals surface area contributed by atoms with Crippen molar-refractivity contribution in [1.29, 1.82) is 0 Å². The number of thiazole rings is 1. The third-order valence-corrected chi connectivity index (χ3v) is 4.36. The van der Waals surface area contributed by atoms with E-state index in [1.165, 1.54) is 28.5 Å². The normalized spacial score (nSPS) is 15.6. The van der Waals surface area contributed by atoms with Gasteiger partial charge in [-0.15, -0.1) is 11.3 Å². The monoisotopic (exact) mass is 253 g/mol. The van der Waals surface area contributed by atoms with Gasteiger partial charge in [0.05, 0.1) is 5.69 Å². The molecule has 1 aliphatic carbocycles. The maximum Gasteiger partial charge on any atom is 0.185 e. The molecule has 1 aliphatic rings. The van der Waals surface area contributed by atoms with Gasteiger partial charge in [0.15, 0.2) is 5.13 Å². The second-order valence-corrected chi connectivity index (χ2v) is 6.14. The third-order valence-electron chi connectivity index (χ3n) is 3.20. The van der Waals surface area contributed by atoms with Crippen molar-refractivity contribution in [3.63, 3.8) is 0 Å². The highest BCUT2D eigenvalue weighted by Gasteiger charge is 2.29. The molecule has 0 radical (unpaired) electrons. The molecule has 1 heterocycles. The van der Waals surface area contributed by atoms with Crippen LogP contribution in [0.2, 0.25) is 0 Å². The van der Waals surface area contributed by atoms with Gasteiger partial charge in [0.25, 0.3) is 0 Å². The number of aromatic nitrogens is 1. The summed E-state index contributed by atoms with van der Waals surface area (Å²) in [5.74, 6) is 0.515. The molecule has 0 bridgehead atoms. The van der Waals surface area contributed by atoms with Crippen LogP contribution < -0.4 is 10.2 Å². The highest BCUT2D eigenvalue weighted by molar-refractivity contribution is 7.15. The first-order valence-electron chi connectivity index (χ1n) is 6.56. The Morgan fingerprint density at radius 3 is 2.71 bits per heavy atom. The summed E-state index contributed by atoms with van der Waals surface area (Å²) in [6, 6.07) is 0.744. The SMILES string of the molecule is CCNCc1sc(N(C)C2CC2)nc1C(C)C. The molecule has 17 heavy (non-hydrogen) atoms. The van der Waals surface area contributed by atoms with Crippen LogP contribution in [-0.2, 0) is 6.54 Å². The first-order chi connectivity index (χ1) is 8.13. The minimum absolute atomic E-state index is 0.515. The van der Waals surface area contributed by atoms with Gasteiger partial charge in [0.2, 0.25) is 0 Å². The van der Waals surface area contributed by atoms with Gasteiger partial charge in [-0.05, 0) is 25.3 Å². The van der Waals surface area contributed by atoms with Crippen molar-refractivity contribution in [1.82, 2.24) is 10.3 Å². The van der Waals surface area contributed by atoms with Crippen molar-refractivity contribution in [3.05, 3.63) is 10.6 Å². The lowest BCUT2D eigenvalue weighted by molar-refractivity contribution is 0.713. The molecule has 0 amide bonds. The molecule has 0 saturated heterocycles. The summed E-state index contributed by atoms with van der Waals surface area (Å²) in [5.41, 5.74) is 1.28. The maximum atomic E-state index is 4.83. The standard InChI is InChI=1S/C13H23N3S/c1-5-14-8-11-12(9(2)3)15-13(17-11)16(4)10-6-7-10/h9-10,14H,5-8H2,1-4H3. The first kappa shape index (κ1) is 12.8. The summed E-state index contributed by atoms with van der Waals surface area (Å²) < 4.78 is 0. The van der Waals surface area contributed by atoms with Crippen molar-refractivity contribution in [2.45, 2.75) is 52.1 Å². The first-order valence-corrected chi connectivity index (χ1v) is 7.38. The molecule has 0 aromatic carbocycles. The number of nitrogens with zero attached hydrogens (tertiary/aromatic N) is 2. The molecule has 0 aliphatic heterocycles. The lowest BCUT2D eigenvalue weighted by Crippen LogP contribution is -2.19. The van der Waals surface area contributed by atoms with E-state index in [9.17, 15) is 0 Å². The molecular formula is C13H23N3S. The van der Waals surface area contributed by atoms with Crippen LogP contribution >= 0.6 is 11.3 Å². The molecule has 1 aromatic rings. The van der Waals surface area contributed by atoms with Gasteiger partial charge >= 0.3 is 0 Å². The van der Waals surface area contributed by atoms with Crippen LogP contribution in [0.25, 0.3) is 0 Å². The summed E-state index contributed by atoms with van der Waals surface area (Å²) in [5, 5.41) is 4.61. The van der Waals surface area contributed by atoms with Crippen LogP contribution in [0, 0.1) is 0 Å². The van der Waals surface area contributed by atoms with E-state index in [2.05, 4.69) is 38.0 Å². The van der Waals surface area contributed by atoms with Gasteiger partial charge in [-0.25, -0.2) is 4.98 Å². The Morgan fingerprint density at radius 2 is 2.18 bits per heavy atom. The van der Waals surface area contributed by atoms with E-state index in [0.29, 0.717) is 5.92 Å². The van der Waals surface area contributed by atoms with E-state index in [4.69, 9.17) is 4.98 Å². The molecule has 3 nitrogen and oxygen atoms in total. The summed E-state index contributed by atoms with van der Waals surface area (Å²) in [4.78, 5) is 8.59. The predicted molar refractivity (Wildman–Crippen MR) is 75.0 cm³/mol. The summed E-state index contributed by atoms with van der Waals surface area (Å²) >= 11 is 1.86.